The van der Waals surface area contributed by atoms with Crippen molar-refractivity contribution in [3.8, 4) is 0 Å². The van der Waals surface area contributed by atoms with Crippen molar-refractivity contribution in [2.75, 3.05) is 58.1 Å². The van der Waals surface area contributed by atoms with E-state index in [1.165, 1.54) is 0 Å². The van der Waals surface area contributed by atoms with Gasteiger partial charge in [-0.15, -0.1) is 0 Å². The molecule has 10 nitrogen and oxygen atoms in total. The van der Waals surface area contributed by atoms with E-state index in [0.29, 0.717) is 51.4 Å². The number of ether oxygens (including phenoxy) is 2. The molecule has 0 saturated carbocycles. The van der Waals surface area contributed by atoms with Gasteiger partial charge in [-0.3, -0.25) is 29.1 Å². The summed E-state index contributed by atoms with van der Waals surface area (Å²) < 4.78 is 11.2. The van der Waals surface area contributed by atoms with Crippen LogP contribution in [0.1, 0.15) is 61.3 Å². The summed E-state index contributed by atoms with van der Waals surface area (Å²) in [5.41, 5.74) is -1.26. The van der Waals surface area contributed by atoms with E-state index in [1.54, 1.807) is 0 Å². The Balaban J connectivity index is 3.09. The summed E-state index contributed by atoms with van der Waals surface area (Å²) in [6, 6.07) is -0.713. The van der Waals surface area contributed by atoms with Crippen molar-refractivity contribution in [2.45, 2.75) is 84.6 Å². The first-order valence-corrected chi connectivity index (χ1v) is 13.7. The molecule has 0 bridgehead atoms. The molecular weight excluding hydrogens is 496 g/mol. The molecule has 1 amide bonds. The van der Waals surface area contributed by atoms with Gasteiger partial charge in [-0.2, -0.15) is 12.6 Å². The Morgan fingerprint density at radius 2 is 1.46 bits per heavy atom. The van der Waals surface area contributed by atoms with Crippen molar-refractivity contribution >= 4 is 36.8 Å². The highest BCUT2D eigenvalue weighted by atomic mass is 32.1. The molecule has 1 aliphatic rings. The van der Waals surface area contributed by atoms with Crippen LogP contribution in [-0.2, 0) is 28.7 Å². The van der Waals surface area contributed by atoms with Crippen LogP contribution in [0, 0.1) is 0 Å². The summed E-state index contributed by atoms with van der Waals surface area (Å²) in [6.45, 7) is 16.5. The van der Waals surface area contributed by atoms with E-state index in [-0.39, 0.29) is 43.4 Å². The Morgan fingerprint density at radius 3 is 2.00 bits per heavy atom. The zero-order valence-corrected chi connectivity index (χ0v) is 24.6. The monoisotopic (exact) mass is 544 g/mol. The van der Waals surface area contributed by atoms with E-state index in [4.69, 9.17) is 9.47 Å². The quantitative estimate of drug-likeness (QED) is 0.226. The summed E-state index contributed by atoms with van der Waals surface area (Å²) in [7, 11) is 0. The van der Waals surface area contributed by atoms with Crippen molar-refractivity contribution in [2.24, 2.45) is 0 Å². The van der Waals surface area contributed by atoms with E-state index in [1.807, 2.05) is 63.2 Å². The molecular formula is C26H48N4O6S. The highest BCUT2D eigenvalue weighted by molar-refractivity contribution is 7.80. The van der Waals surface area contributed by atoms with Gasteiger partial charge in [0.2, 0.25) is 5.91 Å². The third kappa shape index (κ3) is 14.7. The summed E-state index contributed by atoms with van der Waals surface area (Å²) >= 11 is 4.21. The van der Waals surface area contributed by atoms with Crippen LogP contribution >= 0.6 is 12.6 Å². The van der Waals surface area contributed by atoms with Gasteiger partial charge in [-0.1, -0.05) is 0 Å². The van der Waals surface area contributed by atoms with Gasteiger partial charge >= 0.3 is 11.9 Å². The van der Waals surface area contributed by atoms with Crippen LogP contribution in [0.15, 0.2) is 0 Å². The molecule has 0 spiro atoms. The first kappa shape index (κ1) is 33.3. The smallest absolute Gasteiger partial charge is 0.323 e. The van der Waals surface area contributed by atoms with Crippen LogP contribution in [0.25, 0.3) is 0 Å². The molecule has 0 aliphatic carbocycles. The second-order valence-electron chi connectivity index (χ2n) is 11.6. The van der Waals surface area contributed by atoms with Crippen LogP contribution in [-0.4, -0.2) is 120 Å². The molecule has 11 heteroatoms. The van der Waals surface area contributed by atoms with Crippen molar-refractivity contribution in [1.29, 1.82) is 0 Å². The number of carbonyl (C=O) groups is 4. The fourth-order valence-corrected chi connectivity index (χ4v) is 4.04. The number of hydrogen-bond acceptors (Lipinski definition) is 10. The molecule has 1 heterocycles. The Labute approximate surface area is 228 Å². The normalized spacial score (nSPS) is 18.6. The minimum Gasteiger partial charge on any atom is -0.459 e. The first-order valence-electron chi connectivity index (χ1n) is 13.1. The van der Waals surface area contributed by atoms with Crippen LogP contribution in [0.5, 0.6) is 0 Å². The van der Waals surface area contributed by atoms with Crippen molar-refractivity contribution in [1.82, 2.24) is 20.0 Å². The van der Waals surface area contributed by atoms with Crippen LogP contribution < -0.4 is 5.32 Å². The van der Waals surface area contributed by atoms with E-state index in [9.17, 15) is 19.2 Å². The van der Waals surface area contributed by atoms with Gasteiger partial charge in [0.25, 0.3) is 0 Å². The molecule has 37 heavy (non-hydrogen) atoms. The number of aldehydes is 1. The number of hydrogen-bond donors (Lipinski definition) is 2. The lowest BCUT2D eigenvalue weighted by Gasteiger charge is -2.33. The third-order valence-electron chi connectivity index (χ3n) is 5.69. The van der Waals surface area contributed by atoms with E-state index >= 15 is 0 Å². The highest BCUT2D eigenvalue weighted by Gasteiger charge is 2.32. The van der Waals surface area contributed by atoms with E-state index in [0.717, 1.165) is 6.29 Å². The minimum atomic E-state index is -0.677. The molecule has 1 rings (SSSR count). The van der Waals surface area contributed by atoms with Crippen molar-refractivity contribution < 1.29 is 28.7 Å². The average molecular weight is 545 g/mol. The Hall–Kier alpha value is -1.69. The zero-order valence-electron chi connectivity index (χ0n) is 23.7. The molecule has 1 aliphatic heterocycles. The highest BCUT2D eigenvalue weighted by Crippen LogP contribution is 2.17. The standard InChI is InChI=1S/C26H48N4O6S/c1-20(19-37)27-22(32)9-8-21(24(34)36-26(5,6)7)30-14-12-28(16-17-31)10-11-29(13-15-30)18-23(33)35-25(2,3)4/h17,20-21,37H,8-16,18-19H2,1-7H3,(H,27,32). The lowest BCUT2D eigenvalue weighted by atomic mass is 10.1. The van der Waals surface area contributed by atoms with Gasteiger partial charge in [-0.25, -0.2) is 0 Å². The lowest BCUT2D eigenvalue weighted by molar-refractivity contribution is -0.162. The maximum atomic E-state index is 13.3. The number of nitrogens with zero attached hydrogens (tertiary/aromatic N) is 3. The fourth-order valence-electron chi connectivity index (χ4n) is 3.95. The average Bonchev–Trinajstić information content (AvgIpc) is 2.83. The van der Waals surface area contributed by atoms with Gasteiger partial charge in [0.1, 0.15) is 23.5 Å². The molecule has 214 valence electrons. The summed E-state index contributed by atoms with van der Waals surface area (Å²) in [5.74, 6) is -0.331. The van der Waals surface area contributed by atoms with Gasteiger partial charge in [0, 0.05) is 57.5 Å². The Bertz CT molecular complexity index is 752. The predicted octanol–water partition coefficient (Wildman–Crippen LogP) is 1.37. The Morgan fingerprint density at radius 1 is 0.919 bits per heavy atom. The SMILES string of the molecule is CC(CS)NC(=O)CCC(C(=O)OC(C)(C)C)N1CCN(CC=O)CCN(CC(=O)OC(C)(C)C)CC1. The van der Waals surface area contributed by atoms with Crippen molar-refractivity contribution in [3.05, 3.63) is 0 Å². The van der Waals surface area contributed by atoms with Gasteiger partial charge < -0.3 is 19.6 Å². The number of nitrogens with one attached hydrogen (secondary N) is 1. The first-order chi connectivity index (χ1) is 17.1. The molecule has 2 atom stereocenters. The van der Waals surface area contributed by atoms with Gasteiger partial charge in [0.05, 0.1) is 13.1 Å². The zero-order chi connectivity index (χ0) is 28.2. The molecule has 1 fully saturated rings. The topological polar surface area (TPSA) is 108 Å². The van der Waals surface area contributed by atoms with E-state index < -0.39 is 17.2 Å². The molecule has 1 N–H and O–H groups in total. The molecule has 0 aromatic heterocycles. The van der Waals surface area contributed by atoms with Crippen LogP contribution in [0.3, 0.4) is 0 Å². The van der Waals surface area contributed by atoms with Gasteiger partial charge in [0.15, 0.2) is 0 Å². The summed E-state index contributed by atoms with van der Waals surface area (Å²) in [5, 5.41) is 2.89. The lowest BCUT2D eigenvalue weighted by Crippen LogP contribution is -2.49. The summed E-state index contributed by atoms with van der Waals surface area (Å²) in [4.78, 5) is 55.6. The van der Waals surface area contributed by atoms with Crippen LogP contribution in [0.4, 0.5) is 0 Å². The number of rotatable bonds is 11. The summed E-state index contributed by atoms with van der Waals surface area (Å²) in [6.07, 6.45) is 1.32. The maximum Gasteiger partial charge on any atom is 0.323 e. The van der Waals surface area contributed by atoms with Gasteiger partial charge in [-0.05, 0) is 54.9 Å². The van der Waals surface area contributed by atoms with Crippen LogP contribution in [0.2, 0.25) is 0 Å². The number of amides is 1. The van der Waals surface area contributed by atoms with Crippen molar-refractivity contribution in [3.63, 3.8) is 0 Å². The maximum absolute atomic E-state index is 13.3. The second kappa shape index (κ2) is 15.7. The molecule has 0 aromatic rings. The number of esters is 2. The largest absolute Gasteiger partial charge is 0.459 e. The fraction of sp³-hybridized carbons (Fsp3) is 0.846. The number of carbonyl (C=O) groups excluding carboxylic acids is 4. The Kier molecular flexibility index (Phi) is 14.1. The second-order valence-corrected chi connectivity index (χ2v) is 12.0. The molecule has 2 unspecified atom stereocenters. The minimum absolute atomic E-state index is 0.0701. The van der Waals surface area contributed by atoms with E-state index in [2.05, 4.69) is 17.9 Å². The molecule has 0 radical (unpaired) electrons. The predicted molar refractivity (Wildman–Crippen MR) is 147 cm³/mol. The third-order valence-corrected chi connectivity index (χ3v) is 6.24. The molecule has 1 saturated heterocycles. The number of thiol groups is 1. The molecule has 0 aromatic carbocycles.